The highest BCUT2D eigenvalue weighted by atomic mass is 16.6. The number of hydrogen-bond acceptors (Lipinski definition) is 0. The van der Waals surface area contributed by atoms with Crippen LogP contribution in [0.5, 0.6) is 0 Å². The zero-order chi connectivity index (χ0) is 3.86. The van der Waals surface area contributed by atoms with Gasteiger partial charge in [0.15, 0.2) is 0 Å². The summed E-state index contributed by atoms with van der Waals surface area (Å²) in [5.41, 5.74) is 0. The minimum atomic E-state index is 0.676. The summed E-state index contributed by atoms with van der Waals surface area (Å²) in [5, 5.41) is 0. The molecule has 0 bridgehead atoms. The fourth-order valence-electron chi connectivity index (χ4n) is 0.321. The standard InChI is InChI=1S/C4H8O/c1-3-4(2)5-3/h3-4H,1-2H3/p+1/t3-,4+. The maximum absolute atomic E-state index is 4.06. The van der Waals surface area contributed by atoms with Crippen molar-refractivity contribution in [2.45, 2.75) is 26.1 Å². The van der Waals surface area contributed by atoms with E-state index < -0.39 is 0 Å². The Hall–Kier alpha value is -0.0400. The van der Waals surface area contributed by atoms with Crippen molar-refractivity contribution in [1.82, 2.24) is 0 Å². The van der Waals surface area contributed by atoms with Gasteiger partial charge in [0.05, 0.1) is 0 Å². The van der Waals surface area contributed by atoms with Crippen LogP contribution >= 0.6 is 0 Å². The van der Waals surface area contributed by atoms with E-state index in [0.29, 0.717) is 12.2 Å². The van der Waals surface area contributed by atoms with Gasteiger partial charge in [-0.25, -0.2) is 0 Å². The van der Waals surface area contributed by atoms with Crippen molar-refractivity contribution in [2.75, 3.05) is 0 Å². The number of ether oxygens (including phenoxy) is 1. The first-order valence-corrected chi connectivity index (χ1v) is 2.00. The minimum Gasteiger partial charge on any atom is -0.418 e. The van der Waals surface area contributed by atoms with E-state index in [1.165, 1.54) is 0 Å². The van der Waals surface area contributed by atoms with E-state index in [-0.39, 0.29) is 0 Å². The van der Waals surface area contributed by atoms with Crippen LogP contribution in [0, 0.1) is 0 Å². The lowest BCUT2D eigenvalue weighted by Gasteiger charge is -1.46. The topological polar surface area (TPSA) is 12.8 Å². The van der Waals surface area contributed by atoms with Crippen molar-refractivity contribution in [3.63, 3.8) is 0 Å². The lowest BCUT2D eigenvalue weighted by Crippen LogP contribution is -1.74. The molecule has 5 heavy (non-hydrogen) atoms. The van der Waals surface area contributed by atoms with Crippen LogP contribution in [-0.2, 0) is 0 Å². The summed E-state index contributed by atoms with van der Waals surface area (Å²) < 4.78 is 4.06. The molecule has 1 heteroatoms. The summed E-state index contributed by atoms with van der Waals surface area (Å²) in [6.45, 7) is 4.26. The third kappa shape index (κ3) is 0.428. The summed E-state index contributed by atoms with van der Waals surface area (Å²) >= 11 is 0. The fraction of sp³-hybridized carbons (Fsp3) is 1.00. The first-order valence-electron chi connectivity index (χ1n) is 2.00. The molecular formula is C4H9O+. The third-order valence-electron chi connectivity index (χ3n) is 1.08. The Balaban J connectivity index is 2.20. The highest BCUT2D eigenvalue weighted by molar-refractivity contribution is 4.70. The number of rotatable bonds is 0. The summed E-state index contributed by atoms with van der Waals surface area (Å²) in [7, 11) is 0. The summed E-state index contributed by atoms with van der Waals surface area (Å²) in [5.74, 6) is 0. The van der Waals surface area contributed by atoms with Gasteiger partial charge in [-0.2, -0.15) is 0 Å². The molecule has 0 radical (unpaired) electrons. The zero-order valence-corrected chi connectivity index (χ0v) is 3.60. The van der Waals surface area contributed by atoms with Crippen LogP contribution in [0.2, 0.25) is 0 Å². The molecule has 1 aliphatic heterocycles. The second-order valence-corrected chi connectivity index (χ2v) is 1.63. The van der Waals surface area contributed by atoms with Gasteiger partial charge in [-0.15, -0.1) is 0 Å². The van der Waals surface area contributed by atoms with Gasteiger partial charge in [0.1, 0.15) is 0 Å². The smallest absolute Gasteiger partial charge is 0.224 e. The van der Waals surface area contributed by atoms with Crippen LogP contribution in [0.25, 0.3) is 0 Å². The highest BCUT2D eigenvalue weighted by Crippen LogP contribution is 2.13. The van der Waals surface area contributed by atoms with E-state index in [2.05, 4.69) is 18.6 Å². The minimum absolute atomic E-state index is 0.676. The van der Waals surface area contributed by atoms with Crippen LogP contribution in [0.3, 0.4) is 0 Å². The largest absolute Gasteiger partial charge is 0.418 e. The van der Waals surface area contributed by atoms with Crippen molar-refractivity contribution in [2.24, 2.45) is 0 Å². The molecule has 1 saturated heterocycles. The average Bonchev–Trinajstić information content (AvgIpc) is 1.79. The first kappa shape index (κ1) is 3.16. The predicted molar refractivity (Wildman–Crippen MR) is 21.1 cm³/mol. The predicted octanol–water partition coefficient (Wildman–Crippen LogP) is 0.305. The zero-order valence-electron chi connectivity index (χ0n) is 3.60. The molecular weight excluding hydrogens is 64.0 g/mol. The van der Waals surface area contributed by atoms with Crippen molar-refractivity contribution in [3.8, 4) is 0 Å². The maximum atomic E-state index is 4.06. The highest BCUT2D eigenvalue weighted by Gasteiger charge is 2.37. The van der Waals surface area contributed by atoms with E-state index in [9.17, 15) is 0 Å². The molecule has 1 heterocycles. The second kappa shape index (κ2) is 0.716. The Morgan fingerprint density at radius 2 is 1.40 bits per heavy atom. The molecule has 1 N–H and O–H groups in total. The normalized spacial score (nSPS) is 49.2. The molecule has 0 aliphatic carbocycles. The molecule has 0 aromatic heterocycles. The van der Waals surface area contributed by atoms with E-state index in [1.54, 1.807) is 0 Å². The SMILES string of the molecule is C[C@@H]1[OH+][C@@H]1C. The first-order chi connectivity index (χ1) is 2.30. The molecule has 0 spiro atoms. The van der Waals surface area contributed by atoms with E-state index in [4.69, 9.17) is 0 Å². The molecule has 1 fully saturated rings. The lowest BCUT2D eigenvalue weighted by atomic mass is 10.4. The van der Waals surface area contributed by atoms with Crippen LogP contribution < -0.4 is 0 Å². The quantitative estimate of drug-likeness (QED) is 0.289. The van der Waals surface area contributed by atoms with E-state index in [1.807, 2.05) is 0 Å². The van der Waals surface area contributed by atoms with Gasteiger partial charge in [0, 0.05) is 13.8 Å². The van der Waals surface area contributed by atoms with Crippen molar-refractivity contribution in [3.05, 3.63) is 0 Å². The molecule has 30 valence electrons. The van der Waals surface area contributed by atoms with Crippen LogP contribution in [0.4, 0.5) is 0 Å². The molecule has 0 amide bonds. The van der Waals surface area contributed by atoms with E-state index in [0.717, 1.165) is 0 Å². The van der Waals surface area contributed by atoms with Gasteiger partial charge >= 0.3 is 0 Å². The van der Waals surface area contributed by atoms with Gasteiger partial charge < -0.3 is 4.74 Å². The molecule has 0 aromatic carbocycles. The summed E-state index contributed by atoms with van der Waals surface area (Å²) in [6.07, 6.45) is 1.35. The molecule has 1 rings (SSSR count). The fourth-order valence-corrected chi connectivity index (χ4v) is 0.321. The molecule has 0 unspecified atom stereocenters. The van der Waals surface area contributed by atoms with Gasteiger partial charge in [-0.1, -0.05) is 0 Å². The third-order valence-corrected chi connectivity index (χ3v) is 1.08. The Kier molecular flexibility index (Phi) is 0.453. The molecule has 2 atom stereocenters. The van der Waals surface area contributed by atoms with E-state index >= 15 is 0 Å². The molecule has 1 nitrogen and oxygen atoms in total. The molecule has 0 saturated carbocycles. The number of hydrogen-bond donors (Lipinski definition) is 0. The Labute approximate surface area is 31.9 Å². The molecule has 1 aliphatic rings. The Bertz CT molecular complexity index is 36.9. The average molecular weight is 73.1 g/mol. The van der Waals surface area contributed by atoms with Crippen molar-refractivity contribution >= 4 is 0 Å². The van der Waals surface area contributed by atoms with Gasteiger partial charge in [0.25, 0.3) is 0 Å². The van der Waals surface area contributed by atoms with Gasteiger partial charge in [-0.3, -0.25) is 0 Å². The monoisotopic (exact) mass is 73.1 g/mol. The number of aliphatic hydroxyl groups is 2. The summed E-state index contributed by atoms with van der Waals surface area (Å²) in [4.78, 5) is 0. The summed E-state index contributed by atoms with van der Waals surface area (Å²) in [6, 6.07) is 0. The Morgan fingerprint density at radius 3 is 1.40 bits per heavy atom. The van der Waals surface area contributed by atoms with Crippen LogP contribution in [-0.4, -0.2) is 16.9 Å². The maximum Gasteiger partial charge on any atom is 0.224 e. The van der Waals surface area contributed by atoms with Gasteiger partial charge in [-0.05, 0) is 0 Å². The van der Waals surface area contributed by atoms with Crippen LogP contribution in [0.15, 0.2) is 0 Å². The van der Waals surface area contributed by atoms with Gasteiger partial charge in [0.2, 0.25) is 12.2 Å². The van der Waals surface area contributed by atoms with Crippen LogP contribution in [0.1, 0.15) is 13.8 Å². The Morgan fingerprint density at radius 1 is 1.20 bits per heavy atom. The second-order valence-electron chi connectivity index (χ2n) is 1.63. The van der Waals surface area contributed by atoms with Crippen molar-refractivity contribution in [1.29, 1.82) is 0 Å². The molecule has 0 aromatic rings. The van der Waals surface area contributed by atoms with Crippen molar-refractivity contribution < 1.29 is 4.74 Å². The number of epoxide rings is 1. The lowest BCUT2D eigenvalue weighted by molar-refractivity contribution is 0.183.